The van der Waals surface area contributed by atoms with Gasteiger partial charge in [-0.3, -0.25) is 14.5 Å². The van der Waals surface area contributed by atoms with E-state index in [1.165, 1.54) is 0 Å². The Bertz CT molecular complexity index is 1260. The zero-order valence-electron chi connectivity index (χ0n) is 18.3. The minimum atomic E-state index is -0.671. The number of carbonyl (C=O) groups excluding carboxylic acids is 1. The van der Waals surface area contributed by atoms with Gasteiger partial charge < -0.3 is 0 Å². The van der Waals surface area contributed by atoms with Crippen molar-refractivity contribution >= 4 is 6.29 Å². The molecule has 0 amide bonds. The first-order valence-corrected chi connectivity index (χ1v) is 10.9. The van der Waals surface area contributed by atoms with Crippen LogP contribution in [0.5, 0.6) is 0 Å². The summed E-state index contributed by atoms with van der Waals surface area (Å²) >= 11 is 0. The summed E-state index contributed by atoms with van der Waals surface area (Å²) in [4.78, 5) is 15.6. The Balaban J connectivity index is 1.81. The molecule has 0 unspecified atom stereocenters. The lowest BCUT2D eigenvalue weighted by Gasteiger charge is -2.36. The van der Waals surface area contributed by atoms with Gasteiger partial charge in [0, 0.05) is 23.5 Å². The highest BCUT2D eigenvalue weighted by atomic mass is 16.1. The molecule has 0 atom stereocenters. The van der Waals surface area contributed by atoms with Crippen LogP contribution in [-0.4, -0.2) is 21.1 Å². The Kier molecular flexibility index (Phi) is 5.41. The largest absolute Gasteiger partial charge is 0.298 e. The van der Waals surface area contributed by atoms with E-state index in [0.29, 0.717) is 5.56 Å². The molecule has 0 N–H and O–H groups in total. The third-order valence-electron chi connectivity index (χ3n) is 6.02. The lowest BCUT2D eigenvalue weighted by molar-refractivity contribution is 0.112. The molecule has 0 aliphatic carbocycles. The number of hydrogen-bond acceptors (Lipinski definition) is 3. The van der Waals surface area contributed by atoms with E-state index in [-0.39, 0.29) is 0 Å². The summed E-state index contributed by atoms with van der Waals surface area (Å²) in [5, 5.41) is 5.04. The van der Waals surface area contributed by atoms with Crippen molar-refractivity contribution < 1.29 is 4.79 Å². The van der Waals surface area contributed by atoms with E-state index in [4.69, 9.17) is 5.10 Å². The van der Waals surface area contributed by atoms with E-state index in [0.717, 1.165) is 39.9 Å². The number of pyridine rings is 1. The topological polar surface area (TPSA) is 47.8 Å². The second-order valence-electron chi connectivity index (χ2n) is 7.98. The predicted octanol–water partition coefficient (Wildman–Crippen LogP) is 5.91. The molecule has 33 heavy (non-hydrogen) atoms. The fourth-order valence-corrected chi connectivity index (χ4v) is 4.45. The monoisotopic (exact) mass is 429 g/mol. The number of benzene rings is 3. The van der Waals surface area contributed by atoms with Crippen LogP contribution in [0.1, 0.15) is 32.7 Å². The molecule has 4 nitrogen and oxygen atoms in total. The van der Waals surface area contributed by atoms with Crippen molar-refractivity contribution in [3.63, 3.8) is 0 Å². The van der Waals surface area contributed by atoms with Gasteiger partial charge in [0.1, 0.15) is 5.54 Å². The summed E-state index contributed by atoms with van der Waals surface area (Å²) in [6.45, 7) is 1.99. The first kappa shape index (κ1) is 20.6. The van der Waals surface area contributed by atoms with Gasteiger partial charge >= 0.3 is 0 Å². The van der Waals surface area contributed by atoms with Crippen LogP contribution in [0.3, 0.4) is 0 Å². The summed E-state index contributed by atoms with van der Waals surface area (Å²) < 4.78 is 2.05. The second kappa shape index (κ2) is 8.67. The highest BCUT2D eigenvalue weighted by Crippen LogP contribution is 2.41. The molecule has 160 valence electrons. The highest BCUT2D eigenvalue weighted by molar-refractivity contribution is 5.75. The maximum absolute atomic E-state index is 11.1. The molecule has 0 bridgehead atoms. The third kappa shape index (κ3) is 3.56. The molecule has 5 aromatic rings. The molecule has 0 spiro atoms. The van der Waals surface area contributed by atoms with Gasteiger partial charge in [0.2, 0.25) is 0 Å². The predicted molar refractivity (Wildman–Crippen MR) is 130 cm³/mol. The molecule has 0 aliphatic rings. The fraction of sp³-hybridized carbons (Fsp3) is 0.0690. The smallest absolute Gasteiger partial charge is 0.151 e. The van der Waals surface area contributed by atoms with Crippen molar-refractivity contribution in [2.45, 2.75) is 12.5 Å². The standard InChI is InChI=1S/C29H23N3O/c1-22-27(28-18-17-23(21-33)19-30-28)20-32(31-22)29(24-11-5-2-6-12-24,25-13-7-3-8-14-25)26-15-9-4-10-16-26/h2-21H,1H3. The second-order valence-corrected chi connectivity index (χ2v) is 7.98. The molecule has 0 radical (unpaired) electrons. The van der Waals surface area contributed by atoms with Crippen LogP contribution in [0.25, 0.3) is 11.3 Å². The minimum Gasteiger partial charge on any atom is -0.298 e. The van der Waals surface area contributed by atoms with Gasteiger partial charge in [-0.25, -0.2) is 0 Å². The number of aromatic nitrogens is 3. The van der Waals surface area contributed by atoms with Crippen molar-refractivity contribution in [2.24, 2.45) is 0 Å². The molecular formula is C29H23N3O. The van der Waals surface area contributed by atoms with Crippen molar-refractivity contribution in [1.82, 2.24) is 14.8 Å². The van der Waals surface area contributed by atoms with Crippen LogP contribution >= 0.6 is 0 Å². The van der Waals surface area contributed by atoms with Gasteiger partial charge in [0.15, 0.2) is 6.29 Å². The first-order chi connectivity index (χ1) is 16.2. The Hall–Kier alpha value is -4.31. The average molecular weight is 430 g/mol. The molecule has 2 aromatic heterocycles. The highest BCUT2D eigenvalue weighted by Gasteiger charge is 2.39. The van der Waals surface area contributed by atoms with E-state index in [1.807, 2.05) is 35.9 Å². The number of hydrogen-bond donors (Lipinski definition) is 0. The van der Waals surface area contributed by atoms with Gasteiger partial charge in [-0.05, 0) is 35.7 Å². The SMILES string of the molecule is Cc1nn(C(c2ccccc2)(c2ccccc2)c2ccccc2)cc1-c1ccc(C=O)cn1. The van der Waals surface area contributed by atoms with E-state index >= 15 is 0 Å². The maximum Gasteiger partial charge on any atom is 0.151 e. The zero-order chi connectivity index (χ0) is 22.7. The van der Waals surface area contributed by atoms with Crippen molar-refractivity contribution in [3.05, 3.63) is 143 Å². The van der Waals surface area contributed by atoms with Gasteiger partial charge in [0.05, 0.1) is 11.4 Å². The molecule has 5 rings (SSSR count). The average Bonchev–Trinajstić information content (AvgIpc) is 3.28. The summed E-state index contributed by atoms with van der Waals surface area (Å²) in [6.07, 6.45) is 4.46. The molecule has 0 saturated carbocycles. The first-order valence-electron chi connectivity index (χ1n) is 10.9. The van der Waals surface area contributed by atoms with Crippen LogP contribution in [0.2, 0.25) is 0 Å². The van der Waals surface area contributed by atoms with Crippen molar-refractivity contribution in [2.75, 3.05) is 0 Å². The van der Waals surface area contributed by atoms with Crippen molar-refractivity contribution in [1.29, 1.82) is 0 Å². The summed E-state index contributed by atoms with van der Waals surface area (Å²) in [5.41, 5.74) is 5.80. The Labute approximate surface area is 193 Å². The molecule has 4 heteroatoms. The van der Waals surface area contributed by atoms with Gasteiger partial charge in [-0.1, -0.05) is 91.0 Å². The summed E-state index contributed by atoms with van der Waals surface area (Å²) in [7, 11) is 0. The van der Waals surface area contributed by atoms with E-state index < -0.39 is 5.54 Å². The lowest BCUT2D eigenvalue weighted by atomic mass is 9.77. The summed E-state index contributed by atoms with van der Waals surface area (Å²) in [6, 6.07) is 35.0. The Morgan fingerprint density at radius 2 is 1.24 bits per heavy atom. The summed E-state index contributed by atoms with van der Waals surface area (Å²) in [5.74, 6) is 0. The maximum atomic E-state index is 11.1. The molecule has 0 aliphatic heterocycles. The number of carbonyl (C=O) groups is 1. The van der Waals surface area contributed by atoms with Crippen LogP contribution in [0.15, 0.2) is 116 Å². The van der Waals surface area contributed by atoms with E-state index in [1.54, 1.807) is 12.3 Å². The number of aldehydes is 1. The van der Waals surface area contributed by atoms with Gasteiger partial charge in [-0.15, -0.1) is 0 Å². The quantitative estimate of drug-likeness (QED) is 0.249. The Morgan fingerprint density at radius 1 is 0.727 bits per heavy atom. The molecule has 0 saturated heterocycles. The third-order valence-corrected chi connectivity index (χ3v) is 6.02. The van der Waals surface area contributed by atoms with Crippen molar-refractivity contribution in [3.8, 4) is 11.3 Å². The van der Waals surface area contributed by atoms with Crippen LogP contribution in [-0.2, 0) is 5.54 Å². The molecule has 3 aromatic carbocycles. The van der Waals surface area contributed by atoms with Gasteiger partial charge in [-0.2, -0.15) is 5.10 Å². The van der Waals surface area contributed by atoms with Crippen LogP contribution in [0, 0.1) is 6.92 Å². The minimum absolute atomic E-state index is 0.552. The molecular weight excluding hydrogens is 406 g/mol. The molecule has 0 fully saturated rings. The number of rotatable bonds is 6. The normalized spacial score (nSPS) is 11.3. The van der Waals surface area contributed by atoms with Crippen LogP contribution in [0.4, 0.5) is 0 Å². The van der Waals surface area contributed by atoms with Gasteiger partial charge in [0.25, 0.3) is 0 Å². The van der Waals surface area contributed by atoms with E-state index in [2.05, 4.69) is 84.0 Å². The van der Waals surface area contributed by atoms with Crippen LogP contribution < -0.4 is 0 Å². The Morgan fingerprint density at radius 3 is 1.67 bits per heavy atom. The number of aryl methyl sites for hydroxylation is 1. The fourth-order valence-electron chi connectivity index (χ4n) is 4.45. The zero-order valence-corrected chi connectivity index (χ0v) is 18.3. The lowest BCUT2D eigenvalue weighted by Crippen LogP contribution is -2.38. The number of nitrogens with zero attached hydrogens (tertiary/aromatic N) is 3. The molecule has 2 heterocycles. The van der Waals surface area contributed by atoms with E-state index in [9.17, 15) is 4.79 Å².